The van der Waals surface area contributed by atoms with Gasteiger partial charge >= 0.3 is 0 Å². The molecule has 0 fully saturated rings. The second-order valence-electron chi connectivity index (χ2n) is 8.87. The van der Waals surface area contributed by atoms with E-state index in [1.807, 2.05) is 0 Å². The van der Waals surface area contributed by atoms with Crippen LogP contribution in [0.5, 0.6) is 0 Å². The summed E-state index contributed by atoms with van der Waals surface area (Å²) in [6.07, 6.45) is 3.78. The third-order valence-corrected chi connectivity index (χ3v) is 5.81. The van der Waals surface area contributed by atoms with Gasteiger partial charge in [0.1, 0.15) is 0 Å². The number of carbonyl (C=O) groups excluding carboxylic acids is 4. The van der Waals surface area contributed by atoms with Gasteiger partial charge in [0.25, 0.3) is 23.6 Å². The number of nitrogens with one attached hydrogen (secondary N) is 4. The average Bonchev–Trinajstić information content (AvgIpc) is 2.93. The van der Waals surface area contributed by atoms with Crippen LogP contribution in [0.3, 0.4) is 0 Å². The molecule has 0 aliphatic heterocycles. The fourth-order valence-corrected chi connectivity index (χ4v) is 3.62. The van der Waals surface area contributed by atoms with E-state index in [9.17, 15) is 19.2 Å². The van der Waals surface area contributed by atoms with E-state index in [2.05, 4.69) is 35.1 Å². The van der Waals surface area contributed by atoms with Gasteiger partial charge in [0.2, 0.25) is 0 Å². The minimum Gasteiger partial charge on any atom is -0.352 e. The van der Waals surface area contributed by atoms with E-state index >= 15 is 0 Å². The van der Waals surface area contributed by atoms with Crippen LogP contribution in [0.25, 0.3) is 0 Å². The Labute approximate surface area is 223 Å². The molecule has 0 bridgehead atoms. The van der Waals surface area contributed by atoms with E-state index in [4.69, 9.17) is 0 Å². The molecule has 0 saturated heterocycles. The van der Waals surface area contributed by atoms with Crippen molar-refractivity contribution in [2.75, 3.05) is 23.7 Å². The molecular formula is C30H34N4O4. The van der Waals surface area contributed by atoms with Crippen molar-refractivity contribution in [3.8, 4) is 0 Å². The number of benzene rings is 3. The van der Waals surface area contributed by atoms with Gasteiger partial charge < -0.3 is 21.3 Å². The van der Waals surface area contributed by atoms with Gasteiger partial charge in [-0.3, -0.25) is 19.2 Å². The molecular weight excluding hydrogens is 480 g/mol. The van der Waals surface area contributed by atoms with Crippen molar-refractivity contribution in [3.63, 3.8) is 0 Å². The van der Waals surface area contributed by atoms with E-state index in [-0.39, 0.29) is 23.6 Å². The quantitative estimate of drug-likeness (QED) is 0.247. The van der Waals surface area contributed by atoms with Crippen LogP contribution in [-0.4, -0.2) is 36.7 Å². The summed E-state index contributed by atoms with van der Waals surface area (Å²) in [4.78, 5) is 50.0. The Bertz CT molecular complexity index is 1170. The van der Waals surface area contributed by atoms with E-state index in [1.54, 1.807) is 72.8 Å². The Morgan fingerprint density at radius 2 is 0.921 bits per heavy atom. The third kappa shape index (κ3) is 8.30. The minimum absolute atomic E-state index is 0.187. The highest BCUT2D eigenvalue weighted by Crippen LogP contribution is 2.15. The SMILES string of the molecule is CCCCNC(=O)c1cccc(NC(=O)c2ccc(C(=O)Nc3cccc(C(=O)NCCCC)c3)cc2)c1. The lowest BCUT2D eigenvalue weighted by molar-refractivity contribution is 0.0945. The van der Waals surface area contributed by atoms with E-state index in [0.717, 1.165) is 25.7 Å². The highest BCUT2D eigenvalue weighted by molar-refractivity contribution is 6.08. The Balaban J connectivity index is 1.59. The number of hydrogen-bond acceptors (Lipinski definition) is 4. The van der Waals surface area contributed by atoms with Crippen LogP contribution >= 0.6 is 0 Å². The fourth-order valence-electron chi connectivity index (χ4n) is 3.62. The fraction of sp³-hybridized carbons (Fsp3) is 0.267. The van der Waals surface area contributed by atoms with Gasteiger partial charge in [-0.15, -0.1) is 0 Å². The molecule has 0 spiro atoms. The standard InChI is InChI=1S/C30H34N4O4/c1-3-5-17-31-27(35)23-9-7-11-25(19-23)33-29(37)21-13-15-22(16-14-21)30(38)34-26-12-8-10-24(20-26)28(36)32-18-6-4-2/h7-16,19-20H,3-6,17-18H2,1-2H3,(H,31,35)(H,32,36)(H,33,37)(H,34,38). The van der Waals surface area contributed by atoms with E-state index in [0.29, 0.717) is 46.7 Å². The summed E-state index contributed by atoms with van der Waals surface area (Å²) in [7, 11) is 0. The van der Waals surface area contributed by atoms with Crippen molar-refractivity contribution in [1.82, 2.24) is 10.6 Å². The summed E-state index contributed by atoms with van der Waals surface area (Å²) < 4.78 is 0. The van der Waals surface area contributed by atoms with Crippen molar-refractivity contribution in [1.29, 1.82) is 0 Å². The second kappa shape index (κ2) is 14.3. The largest absolute Gasteiger partial charge is 0.352 e. The summed E-state index contributed by atoms with van der Waals surface area (Å²) in [5.41, 5.74) is 2.66. The monoisotopic (exact) mass is 514 g/mol. The topological polar surface area (TPSA) is 116 Å². The number of unbranched alkanes of at least 4 members (excludes halogenated alkanes) is 2. The lowest BCUT2D eigenvalue weighted by Crippen LogP contribution is -2.24. The van der Waals surface area contributed by atoms with E-state index < -0.39 is 0 Å². The van der Waals surface area contributed by atoms with Crippen LogP contribution in [0.1, 0.15) is 81.0 Å². The molecule has 4 amide bonds. The zero-order chi connectivity index (χ0) is 27.3. The van der Waals surface area contributed by atoms with Crippen LogP contribution in [0.15, 0.2) is 72.8 Å². The van der Waals surface area contributed by atoms with Crippen molar-refractivity contribution < 1.29 is 19.2 Å². The van der Waals surface area contributed by atoms with Crippen molar-refractivity contribution >= 4 is 35.0 Å². The molecule has 3 aromatic carbocycles. The molecule has 8 nitrogen and oxygen atoms in total. The van der Waals surface area contributed by atoms with Gasteiger partial charge in [-0.25, -0.2) is 0 Å². The molecule has 198 valence electrons. The number of amides is 4. The van der Waals surface area contributed by atoms with Crippen LogP contribution in [-0.2, 0) is 0 Å². The molecule has 3 aromatic rings. The molecule has 0 heterocycles. The third-order valence-electron chi connectivity index (χ3n) is 5.81. The molecule has 8 heteroatoms. The van der Waals surface area contributed by atoms with Crippen molar-refractivity contribution in [2.45, 2.75) is 39.5 Å². The van der Waals surface area contributed by atoms with Crippen molar-refractivity contribution in [3.05, 3.63) is 95.1 Å². The number of carbonyl (C=O) groups is 4. The molecule has 0 saturated carbocycles. The van der Waals surface area contributed by atoms with Gasteiger partial charge in [-0.1, -0.05) is 38.8 Å². The predicted octanol–water partition coefficient (Wildman–Crippen LogP) is 5.25. The second-order valence-corrected chi connectivity index (χ2v) is 8.87. The molecule has 4 N–H and O–H groups in total. The summed E-state index contributed by atoms with van der Waals surface area (Å²) in [5.74, 6) is -1.09. The molecule has 0 aliphatic carbocycles. The molecule has 3 rings (SSSR count). The number of rotatable bonds is 12. The summed E-state index contributed by atoms with van der Waals surface area (Å²) in [6, 6.07) is 19.7. The summed E-state index contributed by atoms with van der Waals surface area (Å²) in [6.45, 7) is 5.31. The molecule has 0 aliphatic rings. The predicted molar refractivity (Wildman–Crippen MR) is 150 cm³/mol. The van der Waals surface area contributed by atoms with Crippen LogP contribution < -0.4 is 21.3 Å². The number of anilines is 2. The van der Waals surface area contributed by atoms with Gasteiger partial charge in [0.05, 0.1) is 0 Å². The van der Waals surface area contributed by atoms with E-state index in [1.165, 1.54) is 0 Å². The number of hydrogen-bond donors (Lipinski definition) is 4. The van der Waals surface area contributed by atoms with Gasteiger partial charge in [0, 0.05) is 46.7 Å². The average molecular weight is 515 g/mol. The highest BCUT2D eigenvalue weighted by Gasteiger charge is 2.12. The molecule has 0 aromatic heterocycles. The Morgan fingerprint density at radius 3 is 1.29 bits per heavy atom. The first-order valence-electron chi connectivity index (χ1n) is 12.9. The minimum atomic E-state index is -0.359. The van der Waals surface area contributed by atoms with Crippen LogP contribution in [0, 0.1) is 0 Å². The van der Waals surface area contributed by atoms with Crippen LogP contribution in [0.2, 0.25) is 0 Å². The molecule has 0 unspecified atom stereocenters. The molecule has 0 radical (unpaired) electrons. The van der Waals surface area contributed by atoms with Crippen LogP contribution in [0.4, 0.5) is 11.4 Å². The Kier molecular flexibility index (Phi) is 10.6. The zero-order valence-electron chi connectivity index (χ0n) is 21.8. The zero-order valence-corrected chi connectivity index (χ0v) is 21.8. The molecule has 38 heavy (non-hydrogen) atoms. The first kappa shape index (κ1) is 28.1. The maximum absolute atomic E-state index is 12.7. The first-order chi connectivity index (χ1) is 18.4. The Hall–Kier alpha value is -4.46. The normalized spacial score (nSPS) is 10.4. The first-order valence-corrected chi connectivity index (χ1v) is 12.9. The maximum atomic E-state index is 12.7. The van der Waals surface area contributed by atoms with Gasteiger partial charge in [0.15, 0.2) is 0 Å². The summed E-state index contributed by atoms with van der Waals surface area (Å²) in [5, 5.41) is 11.3. The highest BCUT2D eigenvalue weighted by atomic mass is 16.2. The van der Waals surface area contributed by atoms with Gasteiger partial charge in [-0.2, -0.15) is 0 Å². The summed E-state index contributed by atoms with van der Waals surface area (Å²) >= 11 is 0. The molecule has 0 atom stereocenters. The van der Waals surface area contributed by atoms with Gasteiger partial charge in [-0.05, 0) is 73.5 Å². The Morgan fingerprint density at radius 1 is 0.526 bits per heavy atom. The lowest BCUT2D eigenvalue weighted by atomic mass is 10.1. The van der Waals surface area contributed by atoms with Crippen molar-refractivity contribution in [2.24, 2.45) is 0 Å². The maximum Gasteiger partial charge on any atom is 0.255 e. The lowest BCUT2D eigenvalue weighted by Gasteiger charge is -2.10. The smallest absolute Gasteiger partial charge is 0.255 e.